The fourth-order valence-corrected chi connectivity index (χ4v) is 4.57. The molecular weight excluding hydrogens is 410 g/mol. The van der Waals surface area contributed by atoms with Crippen LogP contribution in [0.15, 0.2) is 54.6 Å². The number of primary amides is 1. The lowest BCUT2D eigenvalue weighted by Gasteiger charge is -2.24. The number of carbonyl (C=O) groups is 2. The molecule has 0 bridgehead atoms. The lowest BCUT2D eigenvalue weighted by Crippen LogP contribution is -2.33. The highest BCUT2D eigenvalue weighted by Gasteiger charge is 2.26. The first-order chi connectivity index (χ1) is 14.8. The number of aromatic nitrogens is 2. The summed E-state index contributed by atoms with van der Waals surface area (Å²) in [5.41, 5.74) is 9.11. The van der Waals surface area contributed by atoms with Crippen molar-refractivity contribution >= 4 is 33.4 Å². The topological polar surface area (TPSA) is 101 Å². The number of nitrogens with zero attached hydrogens (tertiary/aromatic N) is 3. The first-order valence-electron chi connectivity index (χ1n) is 9.96. The van der Waals surface area contributed by atoms with Gasteiger partial charge in [-0.3, -0.25) is 14.9 Å². The minimum atomic E-state index is -0.471. The normalized spacial score (nSPS) is 17.7. The molecule has 2 amide bonds. The van der Waals surface area contributed by atoms with E-state index in [9.17, 15) is 9.59 Å². The van der Waals surface area contributed by atoms with Crippen molar-refractivity contribution in [2.24, 2.45) is 5.73 Å². The van der Waals surface area contributed by atoms with Gasteiger partial charge in [-0.1, -0.05) is 41.7 Å². The van der Waals surface area contributed by atoms with Crippen molar-refractivity contribution in [2.45, 2.75) is 32.9 Å². The molecule has 158 valence electrons. The summed E-state index contributed by atoms with van der Waals surface area (Å²) < 4.78 is 0. The Bertz CT molecular complexity index is 1160. The summed E-state index contributed by atoms with van der Waals surface area (Å²) in [6, 6.07) is 13.0. The minimum Gasteiger partial charge on any atom is -0.366 e. The molecule has 2 unspecified atom stereocenters. The Balaban J connectivity index is 1.53. The molecule has 1 aromatic heterocycles. The molecular formula is C23H23N5O2S. The molecule has 0 aliphatic carbocycles. The first kappa shape index (κ1) is 20.7. The molecule has 3 aromatic rings. The highest BCUT2D eigenvalue weighted by Crippen LogP contribution is 2.31. The number of aryl methyl sites for hydroxylation is 1. The fraction of sp³-hybridized carbons (Fsp3) is 0.217. The quantitative estimate of drug-likeness (QED) is 0.592. The molecule has 1 aliphatic rings. The van der Waals surface area contributed by atoms with Gasteiger partial charge in [0.05, 0.1) is 0 Å². The summed E-state index contributed by atoms with van der Waals surface area (Å²) in [6.07, 6.45) is 4.27. The van der Waals surface area contributed by atoms with Gasteiger partial charge in [-0.25, -0.2) is 0 Å². The zero-order chi connectivity index (χ0) is 22.1. The SMILES string of the molecule is Cc1ccc(C(=O)Nc2nnc(N3C(C)C=CC3C)s2)cc1-c1ccc(C(N)=O)cc1. The van der Waals surface area contributed by atoms with Gasteiger partial charge in [-0.05, 0) is 61.7 Å². The Morgan fingerprint density at radius 1 is 1.00 bits per heavy atom. The van der Waals surface area contributed by atoms with Crippen molar-refractivity contribution in [1.29, 1.82) is 0 Å². The number of nitrogens with two attached hydrogens (primary N) is 1. The molecule has 0 saturated heterocycles. The van der Waals surface area contributed by atoms with Gasteiger partial charge < -0.3 is 10.6 Å². The van der Waals surface area contributed by atoms with Crippen LogP contribution in [-0.4, -0.2) is 34.1 Å². The lowest BCUT2D eigenvalue weighted by molar-refractivity contribution is 0.0997. The summed E-state index contributed by atoms with van der Waals surface area (Å²) >= 11 is 1.36. The van der Waals surface area contributed by atoms with E-state index >= 15 is 0 Å². The molecule has 2 heterocycles. The molecule has 1 aliphatic heterocycles. The monoisotopic (exact) mass is 433 g/mol. The average molecular weight is 434 g/mol. The predicted octanol–water partition coefficient (Wildman–Crippen LogP) is 4.02. The molecule has 0 radical (unpaired) electrons. The second-order valence-electron chi connectivity index (χ2n) is 7.59. The van der Waals surface area contributed by atoms with Crippen LogP contribution in [-0.2, 0) is 0 Å². The van der Waals surface area contributed by atoms with E-state index in [4.69, 9.17) is 5.73 Å². The van der Waals surface area contributed by atoms with Gasteiger partial charge in [0.2, 0.25) is 16.2 Å². The fourth-order valence-electron chi connectivity index (χ4n) is 3.65. The third-order valence-corrected chi connectivity index (χ3v) is 6.23. The Kier molecular flexibility index (Phi) is 5.56. The van der Waals surface area contributed by atoms with Gasteiger partial charge in [-0.2, -0.15) is 0 Å². The number of carbonyl (C=O) groups excluding carboxylic acids is 2. The van der Waals surface area contributed by atoms with E-state index in [1.165, 1.54) is 11.3 Å². The third-order valence-electron chi connectivity index (χ3n) is 5.38. The second-order valence-corrected chi connectivity index (χ2v) is 8.54. The van der Waals surface area contributed by atoms with Crippen molar-refractivity contribution in [3.63, 3.8) is 0 Å². The van der Waals surface area contributed by atoms with E-state index in [-0.39, 0.29) is 18.0 Å². The van der Waals surface area contributed by atoms with E-state index < -0.39 is 5.91 Å². The smallest absolute Gasteiger partial charge is 0.257 e. The highest BCUT2D eigenvalue weighted by atomic mass is 32.1. The molecule has 2 atom stereocenters. The van der Waals surface area contributed by atoms with Crippen LogP contribution in [0.5, 0.6) is 0 Å². The number of benzene rings is 2. The Morgan fingerprint density at radius 2 is 1.65 bits per heavy atom. The van der Waals surface area contributed by atoms with Crippen LogP contribution in [0.25, 0.3) is 11.1 Å². The summed E-state index contributed by atoms with van der Waals surface area (Å²) in [4.78, 5) is 26.3. The van der Waals surface area contributed by atoms with Crippen molar-refractivity contribution in [2.75, 3.05) is 10.2 Å². The van der Waals surface area contributed by atoms with Gasteiger partial charge in [0, 0.05) is 23.2 Å². The molecule has 4 rings (SSSR count). The average Bonchev–Trinajstić information content (AvgIpc) is 3.33. The van der Waals surface area contributed by atoms with Gasteiger partial charge in [0.15, 0.2) is 0 Å². The van der Waals surface area contributed by atoms with Crippen molar-refractivity contribution in [3.8, 4) is 11.1 Å². The zero-order valence-corrected chi connectivity index (χ0v) is 18.3. The summed E-state index contributed by atoms with van der Waals surface area (Å²) in [7, 11) is 0. The zero-order valence-electron chi connectivity index (χ0n) is 17.5. The van der Waals surface area contributed by atoms with E-state index in [2.05, 4.69) is 46.4 Å². The molecule has 31 heavy (non-hydrogen) atoms. The maximum absolute atomic E-state index is 12.9. The maximum Gasteiger partial charge on any atom is 0.257 e. The summed E-state index contributed by atoms with van der Waals surface area (Å²) in [5.74, 6) is -0.723. The summed E-state index contributed by atoms with van der Waals surface area (Å²) in [6.45, 7) is 6.18. The number of amides is 2. The lowest BCUT2D eigenvalue weighted by atomic mass is 9.97. The molecule has 0 saturated carbocycles. The first-order valence-corrected chi connectivity index (χ1v) is 10.8. The third kappa shape index (κ3) is 4.20. The Morgan fingerprint density at radius 3 is 2.29 bits per heavy atom. The van der Waals surface area contributed by atoms with Gasteiger partial charge >= 0.3 is 0 Å². The molecule has 0 spiro atoms. The van der Waals surface area contributed by atoms with Crippen molar-refractivity contribution in [3.05, 3.63) is 71.3 Å². The van der Waals surface area contributed by atoms with Crippen LogP contribution in [0, 0.1) is 6.92 Å². The van der Waals surface area contributed by atoms with Crippen LogP contribution in [0.1, 0.15) is 40.1 Å². The number of nitrogens with one attached hydrogen (secondary N) is 1. The van der Waals surface area contributed by atoms with Crippen LogP contribution in [0.3, 0.4) is 0 Å². The van der Waals surface area contributed by atoms with E-state index in [0.29, 0.717) is 16.3 Å². The van der Waals surface area contributed by atoms with Crippen molar-refractivity contribution in [1.82, 2.24) is 10.2 Å². The molecule has 0 fully saturated rings. The minimum absolute atomic E-state index is 0.243. The van der Waals surface area contributed by atoms with Crippen LogP contribution in [0.2, 0.25) is 0 Å². The molecule has 2 aromatic carbocycles. The largest absolute Gasteiger partial charge is 0.366 e. The Labute approximate surface area is 184 Å². The van der Waals surface area contributed by atoms with Crippen LogP contribution >= 0.6 is 11.3 Å². The van der Waals surface area contributed by atoms with E-state index in [0.717, 1.165) is 21.8 Å². The predicted molar refractivity (Wildman–Crippen MR) is 124 cm³/mol. The highest BCUT2D eigenvalue weighted by molar-refractivity contribution is 7.19. The van der Waals surface area contributed by atoms with Crippen molar-refractivity contribution < 1.29 is 9.59 Å². The molecule has 7 nitrogen and oxygen atoms in total. The molecule has 3 N–H and O–H groups in total. The number of rotatable bonds is 5. The van der Waals surface area contributed by atoms with Crippen LogP contribution < -0.4 is 16.0 Å². The number of hydrogen-bond donors (Lipinski definition) is 2. The summed E-state index contributed by atoms with van der Waals surface area (Å²) in [5, 5.41) is 12.5. The Hall–Kier alpha value is -3.52. The van der Waals surface area contributed by atoms with Gasteiger partial charge in [0.25, 0.3) is 5.91 Å². The number of hydrogen-bond acceptors (Lipinski definition) is 6. The number of anilines is 2. The van der Waals surface area contributed by atoms with Gasteiger partial charge in [-0.15, -0.1) is 10.2 Å². The standard InChI is InChI=1S/C23H23N5O2S/c1-13-4-7-18(12-19(13)16-8-10-17(11-9-16)20(24)29)21(30)25-22-26-27-23(31-22)28-14(2)5-6-15(28)3/h4-12,14-15H,1-3H3,(H2,24,29)(H,25,26,30). The van der Waals surface area contributed by atoms with E-state index in [1.807, 2.05) is 31.2 Å². The molecule has 8 heteroatoms. The second kappa shape index (κ2) is 8.31. The van der Waals surface area contributed by atoms with Gasteiger partial charge in [0.1, 0.15) is 0 Å². The maximum atomic E-state index is 12.9. The van der Waals surface area contributed by atoms with E-state index in [1.54, 1.807) is 18.2 Å². The van der Waals surface area contributed by atoms with Crippen LogP contribution in [0.4, 0.5) is 10.3 Å².